The molecule has 0 atom stereocenters. The number of aryl methyl sites for hydroxylation is 1. The van der Waals surface area contributed by atoms with Crippen LogP contribution in [0.4, 0.5) is 5.69 Å². The highest BCUT2D eigenvalue weighted by Gasteiger charge is 2.23. The Hall–Kier alpha value is -3.25. The molecule has 4 aromatic carbocycles. The Morgan fingerprint density at radius 3 is 2.37 bits per heavy atom. The van der Waals surface area contributed by atoms with E-state index in [0.29, 0.717) is 5.92 Å². The van der Waals surface area contributed by atoms with Crippen LogP contribution in [0.1, 0.15) is 53.1 Å². The molecule has 0 saturated heterocycles. The summed E-state index contributed by atoms with van der Waals surface area (Å²) in [5.74, 6) is 0.316. The van der Waals surface area contributed by atoms with Gasteiger partial charge in [0, 0.05) is 64.5 Å². The first-order valence-electron chi connectivity index (χ1n) is 13.9. The van der Waals surface area contributed by atoms with Crippen LogP contribution in [0, 0.1) is 20.8 Å². The fourth-order valence-electron chi connectivity index (χ4n) is 5.72. The van der Waals surface area contributed by atoms with Crippen LogP contribution in [-0.2, 0) is 6.42 Å². The monoisotopic (exact) mass is 595 g/mol. The predicted molar refractivity (Wildman–Crippen MR) is 178 cm³/mol. The first kappa shape index (κ1) is 27.9. The lowest BCUT2D eigenvalue weighted by molar-refractivity contribution is 0.817. The molecule has 0 bridgehead atoms. The van der Waals surface area contributed by atoms with E-state index in [1.54, 1.807) is 23.5 Å². The molecule has 0 aliphatic carbocycles. The molecule has 0 saturated carbocycles. The second-order valence-corrected chi connectivity index (χ2v) is 13.6. The quantitative estimate of drug-likeness (QED) is 0.161. The molecule has 2 heterocycles. The molecule has 2 aromatic heterocycles. The van der Waals surface area contributed by atoms with Crippen LogP contribution in [0.25, 0.3) is 21.8 Å². The number of benzene rings is 4. The lowest BCUT2D eigenvalue weighted by Gasteiger charge is -2.25. The zero-order valence-corrected chi connectivity index (χ0v) is 26.4. The van der Waals surface area contributed by atoms with E-state index in [2.05, 4.69) is 99.4 Å². The maximum atomic E-state index is 6.91. The third-order valence-corrected chi connectivity index (χ3v) is 10.7. The standard InChI is InChI=1S/C35H34ClN3S2/c1-19(2)32-26(15-23-10-6-7-12-29(23)40-31-17-38-28-14-13-24(36)16-27(28)31)21(4)22(5)33(37)35(32)41-30-18-39-34-20(3)9-8-11-25(30)34/h6-14,16-19,38-39H,15,37H2,1-5H3. The van der Waals surface area contributed by atoms with Gasteiger partial charge in [-0.2, -0.15) is 0 Å². The molecule has 0 amide bonds. The van der Waals surface area contributed by atoms with Gasteiger partial charge in [0.15, 0.2) is 0 Å². The number of nitrogens with one attached hydrogen (secondary N) is 2. The number of nitrogen functional groups attached to an aromatic ring is 1. The van der Waals surface area contributed by atoms with Crippen molar-refractivity contribution in [3.63, 3.8) is 0 Å². The highest BCUT2D eigenvalue weighted by Crippen LogP contribution is 2.46. The number of hydrogen-bond acceptors (Lipinski definition) is 3. The number of anilines is 1. The fourth-order valence-corrected chi connectivity index (χ4v) is 8.29. The van der Waals surface area contributed by atoms with E-state index in [1.807, 2.05) is 18.2 Å². The maximum Gasteiger partial charge on any atom is 0.0495 e. The number of H-pyrrole nitrogens is 2. The van der Waals surface area contributed by atoms with Crippen molar-refractivity contribution >= 4 is 62.6 Å². The second-order valence-electron chi connectivity index (χ2n) is 11.0. The molecule has 208 valence electrons. The van der Waals surface area contributed by atoms with E-state index < -0.39 is 0 Å². The van der Waals surface area contributed by atoms with Crippen molar-refractivity contribution in [3.05, 3.63) is 111 Å². The average molecular weight is 596 g/mol. The molecule has 6 aromatic rings. The summed E-state index contributed by atoms with van der Waals surface area (Å²) in [5.41, 5.74) is 17.8. The summed E-state index contributed by atoms with van der Waals surface area (Å²) in [7, 11) is 0. The zero-order chi connectivity index (χ0) is 28.8. The van der Waals surface area contributed by atoms with Gasteiger partial charge >= 0.3 is 0 Å². The lowest BCUT2D eigenvalue weighted by Crippen LogP contribution is -2.09. The molecule has 0 fully saturated rings. The molecule has 3 nitrogen and oxygen atoms in total. The van der Waals surface area contributed by atoms with Gasteiger partial charge in [-0.15, -0.1) is 0 Å². The van der Waals surface area contributed by atoms with Crippen molar-refractivity contribution in [1.82, 2.24) is 9.97 Å². The minimum absolute atomic E-state index is 0.316. The van der Waals surface area contributed by atoms with Crippen LogP contribution in [0.15, 0.2) is 92.6 Å². The molecule has 41 heavy (non-hydrogen) atoms. The van der Waals surface area contributed by atoms with E-state index in [-0.39, 0.29) is 0 Å². The van der Waals surface area contributed by atoms with Crippen molar-refractivity contribution in [2.75, 3.05) is 5.73 Å². The Morgan fingerprint density at radius 2 is 1.56 bits per heavy atom. The molecule has 0 spiro atoms. The van der Waals surface area contributed by atoms with E-state index >= 15 is 0 Å². The van der Waals surface area contributed by atoms with Crippen LogP contribution in [0.3, 0.4) is 0 Å². The zero-order valence-electron chi connectivity index (χ0n) is 24.0. The predicted octanol–water partition coefficient (Wildman–Crippen LogP) is 10.8. The van der Waals surface area contributed by atoms with E-state index in [1.165, 1.54) is 63.9 Å². The Kier molecular flexibility index (Phi) is 7.62. The lowest BCUT2D eigenvalue weighted by atomic mass is 9.86. The van der Waals surface area contributed by atoms with Gasteiger partial charge < -0.3 is 15.7 Å². The van der Waals surface area contributed by atoms with Crippen LogP contribution in [0.2, 0.25) is 5.02 Å². The average Bonchev–Trinajstić information content (AvgIpc) is 3.55. The van der Waals surface area contributed by atoms with Crippen LogP contribution < -0.4 is 5.73 Å². The van der Waals surface area contributed by atoms with Crippen molar-refractivity contribution in [1.29, 1.82) is 0 Å². The highest BCUT2D eigenvalue weighted by atomic mass is 35.5. The third kappa shape index (κ3) is 5.16. The summed E-state index contributed by atoms with van der Waals surface area (Å²) in [4.78, 5) is 11.7. The molecule has 4 N–H and O–H groups in total. The number of nitrogens with two attached hydrogens (primary N) is 1. The molecule has 6 heteroatoms. The molecular formula is C35H34ClN3S2. The fraction of sp³-hybridized carbons (Fsp3) is 0.200. The van der Waals surface area contributed by atoms with Gasteiger partial charge in [0.2, 0.25) is 0 Å². The van der Waals surface area contributed by atoms with Gasteiger partial charge in [-0.1, -0.05) is 85.4 Å². The van der Waals surface area contributed by atoms with Gasteiger partial charge in [-0.3, -0.25) is 0 Å². The molecule has 0 aliphatic heterocycles. The second kappa shape index (κ2) is 11.2. The number of para-hydroxylation sites is 1. The Balaban J connectivity index is 1.44. The number of aromatic amines is 2. The van der Waals surface area contributed by atoms with Gasteiger partial charge in [-0.25, -0.2) is 0 Å². The summed E-state index contributed by atoms with van der Waals surface area (Å²) in [6.07, 6.45) is 5.05. The van der Waals surface area contributed by atoms with Gasteiger partial charge in [0.1, 0.15) is 0 Å². The third-order valence-electron chi connectivity index (χ3n) is 8.07. The largest absolute Gasteiger partial charge is 0.398 e. The SMILES string of the molecule is Cc1c(C)c(Cc2ccccc2Sc2c[nH]c3ccc(Cl)cc23)c(C(C)C)c(Sc2c[nH]c3c(C)cccc23)c1N. The van der Waals surface area contributed by atoms with E-state index in [9.17, 15) is 0 Å². The molecular weight excluding hydrogens is 562 g/mol. The molecule has 0 unspecified atom stereocenters. The van der Waals surface area contributed by atoms with Gasteiger partial charge in [-0.05, 0) is 90.8 Å². The smallest absolute Gasteiger partial charge is 0.0495 e. The number of halogens is 1. The van der Waals surface area contributed by atoms with Crippen molar-refractivity contribution in [2.24, 2.45) is 0 Å². The summed E-state index contributed by atoms with van der Waals surface area (Å²) in [6, 6.07) is 21.2. The maximum absolute atomic E-state index is 6.91. The Bertz CT molecular complexity index is 1910. The summed E-state index contributed by atoms with van der Waals surface area (Å²) < 4.78 is 0. The molecule has 0 aliphatic rings. The minimum Gasteiger partial charge on any atom is -0.398 e. The number of fused-ring (bicyclic) bond motifs is 2. The first-order chi connectivity index (χ1) is 19.7. The summed E-state index contributed by atoms with van der Waals surface area (Å²) >= 11 is 9.94. The number of aromatic nitrogens is 2. The first-order valence-corrected chi connectivity index (χ1v) is 15.9. The number of hydrogen-bond donors (Lipinski definition) is 3. The number of rotatable bonds is 7. The van der Waals surface area contributed by atoms with Crippen LogP contribution >= 0.6 is 35.1 Å². The highest BCUT2D eigenvalue weighted by molar-refractivity contribution is 8.00. The topological polar surface area (TPSA) is 57.6 Å². The Morgan fingerprint density at radius 1 is 0.805 bits per heavy atom. The van der Waals surface area contributed by atoms with Crippen molar-refractivity contribution in [2.45, 2.75) is 66.5 Å². The molecule has 6 rings (SSSR count). The van der Waals surface area contributed by atoms with Crippen molar-refractivity contribution in [3.8, 4) is 0 Å². The van der Waals surface area contributed by atoms with Gasteiger partial charge in [0.05, 0.1) is 0 Å². The normalized spacial score (nSPS) is 11.8. The molecule has 0 radical (unpaired) electrons. The van der Waals surface area contributed by atoms with Crippen molar-refractivity contribution < 1.29 is 0 Å². The minimum atomic E-state index is 0.316. The van der Waals surface area contributed by atoms with E-state index in [0.717, 1.165) is 28.0 Å². The Labute approximate surface area is 255 Å². The summed E-state index contributed by atoms with van der Waals surface area (Å²) in [5, 5.41) is 3.13. The van der Waals surface area contributed by atoms with Crippen LogP contribution in [-0.4, -0.2) is 9.97 Å². The van der Waals surface area contributed by atoms with Gasteiger partial charge in [0.25, 0.3) is 0 Å². The van der Waals surface area contributed by atoms with E-state index in [4.69, 9.17) is 17.3 Å². The van der Waals surface area contributed by atoms with Crippen LogP contribution in [0.5, 0.6) is 0 Å². The summed E-state index contributed by atoms with van der Waals surface area (Å²) in [6.45, 7) is 11.1.